The van der Waals surface area contributed by atoms with Gasteiger partial charge in [0.05, 0.1) is 13.2 Å². The van der Waals surface area contributed by atoms with Crippen LogP contribution in [0.25, 0.3) is 0 Å². The number of carboxylic acids is 1. The number of aliphatic carboxylic acids is 1. The van der Waals surface area contributed by atoms with E-state index in [1.807, 2.05) is 6.20 Å². The number of hydrogen-bond donors (Lipinski definition) is 1. The second kappa shape index (κ2) is 9.90. The highest BCUT2D eigenvalue weighted by Crippen LogP contribution is 2.29. The molecule has 1 aromatic heterocycles. The molecule has 29 heavy (non-hydrogen) atoms. The van der Waals surface area contributed by atoms with Crippen molar-refractivity contribution in [1.82, 2.24) is 14.5 Å². The van der Waals surface area contributed by atoms with E-state index in [1.165, 1.54) is 18.7 Å². The molecular weight excluding hydrogens is 391 g/mol. The molecule has 0 spiro atoms. The monoisotopic (exact) mass is 419 g/mol. The molecule has 1 atom stereocenters. The molecule has 1 saturated heterocycles. The number of fused-ring (bicyclic) bond motifs is 1. The third kappa shape index (κ3) is 6.97. The van der Waals surface area contributed by atoms with E-state index < -0.39 is 12.1 Å². The first-order chi connectivity index (χ1) is 13.8. The normalized spacial score (nSPS) is 23.6. The zero-order valence-electron chi connectivity index (χ0n) is 16.3. The van der Waals surface area contributed by atoms with Crippen molar-refractivity contribution in [3.8, 4) is 0 Å². The molecule has 1 aliphatic carbocycles. The van der Waals surface area contributed by atoms with Crippen LogP contribution in [0.15, 0.2) is 12.4 Å². The molecule has 3 heterocycles. The Morgan fingerprint density at radius 2 is 1.83 bits per heavy atom. The van der Waals surface area contributed by atoms with Gasteiger partial charge in [0.15, 0.2) is 0 Å². The second-order valence-electron chi connectivity index (χ2n) is 7.92. The Balaban J connectivity index is 0.000000298. The van der Waals surface area contributed by atoms with Crippen LogP contribution < -0.4 is 0 Å². The minimum absolute atomic E-state index is 0.567. The number of carboxylic acid groups (broad SMARTS) is 1. The van der Waals surface area contributed by atoms with Gasteiger partial charge in [0.2, 0.25) is 0 Å². The van der Waals surface area contributed by atoms with Crippen molar-refractivity contribution >= 4 is 5.97 Å². The summed E-state index contributed by atoms with van der Waals surface area (Å²) < 4.78 is 45.6. The third-order valence-corrected chi connectivity index (χ3v) is 5.45. The summed E-state index contributed by atoms with van der Waals surface area (Å²) in [4.78, 5) is 16.1. The minimum Gasteiger partial charge on any atom is -0.475 e. The van der Waals surface area contributed by atoms with Crippen LogP contribution in [0.4, 0.5) is 13.2 Å². The lowest BCUT2D eigenvalue weighted by Crippen LogP contribution is -2.41. The highest BCUT2D eigenvalue weighted by molar-refractivity contribution is 5.73. The molecule has 4 rings (SSSR count). The number of hydrogen-bond acceptors (Lipinski definition) is 5. The lowest BCUT2D eigenvalue weighted by atomic mass is 10.0. The highest BCUT2D eigenvalue weighted by atomic mass is 19.4. The SMILES string of the molecule is O=C(O)C(F)(F)F.c1cn2c(n1)CN(C1CCOCC1)CC(COCC1CC1)C2. The van der Waals surface area contributed by atoms with Crippen molar-refractivity contribution in [3.05, 3.63) is 18.2 Å². The summed E-state index contributed by atoms with van der Waals surface area (Å²) in [6.45, 7) is 6.78. The Labute approximate surface area is 167 Å². The molecule has 3 aliphatic rings. The van der Waals surface area contributed by atoms with Crippen molar-refractivity contribution in [2.24, 2.45) is 11.8 Å². The number of ether oxygens (including phenoxy) is 2. The summed E-state index contributed by atoms with van der Waals surface area (Å²) in [5.74, 6) is -0.137. The van der Waals surface area contributed by atoms with Crippen molar-refractivity contribution in [2.75, 3.05) is 33.0 Å². The maximum Gasteiger partial charge on any atom is 0.490 e. The third-order valence-electron chi connectivity index (χ3n) is 5.45. The average molecular weight is 419 g/mol. The molecule has 0 amide bonds. The fourth-order valence-corrected chi connectivity index (χ4v) is 3.69. The van der Waals surface area contributed by atoms with E-state index in [9.17, 15) is 13.2 Å². The largest absolute Gasteiger partial charge is 0.490 e. The van der Waals surface area contributed by atoms with Gasteiger partial charge in [-0.2, -0.15) is 13.2 Å². The molecule has 2 fully saturated rings. The van der Waals surface area contributed by atoms with E-state index in [4.69, 9.17) is 19.4 Å². The van der Waals surface area contributed by atoms with Crippen LogP contribution in [0, 0.1) is 11.8 Å². The van der Waals surface area contributed by atoms with E-state index in [0.717, 1.165) is 64.8 Å². The second-order valence-corrected chi connectivity index (χ2v) is 7.92. The summed E-state index contributed by atoms with van der Waals surface area (Å²) >= 11 is 0. The molecule has 7 nitrogen and oxygen atoms in total. The Morgan fingerprint density at radius 1 is 1.17 bits per heavy atom. The molecular formula is C19H28F3N3O4. The van der Waals surface area contributed by atoms with Crippen LogP contribution in [0.3, 0.4) is 0 Å². The molecule has 0 aromatic carbocycles. The highest BCUT2D eigenvalue weighted by Gasteiger charge is 2.38. The van der Waals surface area contributed by atoms with Crippen LogP contribution in [0.5, 0.6) is 0 Å². The zero-order chi connectivity index (χ0) is 20.9. The van der Waals surface area contributed by atoms with Gasteiger partial charge in [-0.05, 0) is 31.6 Å². The van der Waals surface area contributed by atoms with Crippen LogP contribution in [-0.2, 0) is 27.4 Å². The summed E-state index contributed by atoms with van der Waals surface area (Å²) in [6.07, 6.45) is 4.00. The summed E-state index contributed by atoms with van der Waals surface area (Å²) in [5, 5.41) is 7.12. The van der Waals surface area contributed by atoms with E-state index >= 15 is 0 Å². The molecule has 164 valence electrons. The van der Waals surface area contributed by atoms with E-state index in [1.54, 1.807) is 0 Å². The van der Waals surface area contributed by atoms with Gasteiger partial charge >= 0.3 is 12.1 Å². The number of halogens is 3. The Kier molecular flexibility index (Phi) is 7.53. The standard InChI is InChI=1S/C17H27N3O2.C2HF3O2/c1-2-14(1)12-22-13-15-9-19-6-5-18-17(19)11-20(10-15)16-3-7-21-8-4-16;3-2(4,5)1(6)7/h5-6,14-16H,1-4,7-13H2;(H,6,7). The van der Waals surface area contributed by atoms with Crippen LogP contribution in [0.2, 0.25) is 0 Å². The first-order valence-electron chi connectivity index (χ1n) is 10.0. The molecule has 1 saturated carbocycles. The smallest absolute Gasteiger partial charge is 0.475 e. The Hall–Kier alpha value is -1.65. The number of aromatic nitrogens is 2. The fourth-order valence-electron chi connectivity index (χ4n) is 3.69. The lowest BCUT2D eigenvalue weighted by molar-refractivity contribution is -0.192. The van der Waals surface area contributed by atoms with Gasteiger partial charge in [-0.15, -0.1) is 0 Å². The number of carbonyl (C=O) groups is 1. The first kappa shape index (κ1) is 22.0. The summed E-state index contributed by atoms with van der Waals surface area (Å²) in [5.41, 5.74) is 0. The lowest BCUT2D eigenvalue weighted by Gasteiger charge is -2.34. The quantitative estimate of drug-likeness (QED) is 0.791. The van der Waals surface area contributed by atoms with Crippen molar-refractivity contribution < 1.29 is 32.5 Å². The van der Waals surface area contributed by atoms with Crippen LogP contribution >= 0.6 is 0 Å². The van der Waals surface area contributed by atoms with Crippen LogP contribution in [0.1, 0.15) is 31.5 Å². The maximum absolute atomic E-state index is 10.6. The van der Waals surface area contributed by atoms with Gasteiger partial charge in [-0.3, -0.25) is 4.90 Å². The molecule has 1 N–H and O–H groups in total. The van der Waals surface area contributed by atoms with E-state index in [0.29, 0.717) is 12.0 Å². The predicted octanol–water partition coefficient (Wildman–Crippen LogP) is 2.55. The molecule has 1 aromatic rings. The summed E-state index contributed by atoms with van der Waals surface area (Å²) in [6, 6.07) is 0.642. The molecule has 0 radical (unpaired) electrons. The number of alkyl halides is 3. The Morgan fingerprint density at radius 3 is 2.45 bits per heavy atom. The van der Waals surface area contributed by atoms with Crippen molar-refractivity contribution in [2.45, 2.75) is 51.0 Å². The van der Waals surface area contributed by atoms with Crippen molar-refractivity contribution in [3.63, 3.8) is 0 Å². The number of imidazole rings is 1. The summed E-state index contributed by atoms with van der Waals surface area (Å²) in [7, 11) is 0. The molecule has 1 unspecified atom stereocenters. The average Bonchev–Trinajstić information content (AvgIpc) is 3.44. The van der Waals surface area contributed by atoms with Gasteiger partial charge in [0, 0.05) is 57.3 Å². The van der Waals surface area contributed by atoms with Gasteiger partial charge < -0.3 is 19.1 Å². The van der Waals surface area contributed by atoms with Crippen molar-refractivity contribution in [1.29, 1.82) is 0 Å². The first-order valence-corrected chi connectivity index (χ1v) is 10.0. The fraction of sp³-hybridized carbons (Fsp3) is 0.789. The van der Waals surface area contributed by atoms with Gasteiger partial charge in [0.1, 0.15) is 5.82 Å². The number of nitrogens with zero attached hydrogens (tertiary/aromatic N) is 3. The Bertz CT molecular complexity index is 657. The zero-order valence-corrected chi connectivity index (χ0v) is 16.3. The van der Waals surface area contributed by atoms with Gasteiger partial charge in [0.25, 0.3) is 0 Å². The number of rotatable bonds is 5. The molecule has 0 bridgehead atoms. The van der Waals surface area contributed by atoms with Gasteiger partial charge in [-0.25, -0.2) is 9.78 Å². The maximum atomic E-state index is 10.6. The van der Waals surface area contributed by atoms with E-state index in [2.05, 4.69) is 20.6 Å². The minimum atomic E-state index is -5.08. The molecule has 2 aliphatic heterocycles. The van der Waals surface area contributed by atoms with E-state index in [-0.39, 0.29) is 0 Å². The van der Waals surface area contributed by atoms with Gasteiger partial charge in [-0.1, -0.05) is 0 Å². The molecule has 10 heteroatoms. The predicted molar refractivity (Wildman–Crippen MR) is 97.2 cm³/mol. The van der Waals surface area contributed by atoms with Crippen LogP contribution in [-0.4, -0.2) is 70.7 Å². The topological polar surface area (TPSA) is 76.8 Å².